The topological polar surface area (TPSA) is 127 Å². The quantitative estimate of drug-likeness (QED) is 0.428. The summed E-state index contributed by atoms with van der Waals surface area (Å²) in [6, 6.07) is 0.822. The Kier molecular flexibility index (Phi) is 12.6. The van der Waals surface area contributed by atoms with Crippen LogP contribution in [0.25, 0.3) is 0 Å². The number of alkyl halides is 3. The number of ether oxygens (including phenoxy) is 1. The molecule has 15 heteroatoms. The molecule has 1 aliphatic heterocycles. The number of nitrogens with zero attached hydrogens (tertiary/aromatic N) is 5. The van der Waals surface area contributed by atoms with Crippen molar-refractivity contribution >= 4 is 29.5 Å². The molecule has 0 unspecified atom stereocenters. The third-order valence-electron chi connectivity index (χ3n) is 6.04. The molecule has 0 aliphatic carbocycles. The van der Waals surface area contributed by atoms with E-state index in [-0.39, 0.29) is 56.5 Å². The summed E-state index contributed by atoms with van der Waals surface area (Å²) in [6.07, 6.45) is -3.86. The maximum atomic E-state index is 13.1. The summed E-state index contributed by atoms with van der Waals surface area (Å²) in [4.78, 5) is 46.4. The number of hydrogen-bond acceptors (Lipinski definition) is 9. The summed E-state index contributed by atoms with van der Waals surface area (Å²) in [5, 5.41) is 18.6. The van der Waals surface area contributed by atoms with Gasteiger partial charge in [-0.2, -0.15) is 13.2 Å². The fraction of sp³-hybridized carbons (Fsp3) is 0.680. The maximum Gasteiger partial charge on any atom is 0.417 e. The molecule has 0 amide bonds. The number of carboxylic acids is 2. The Balaban J connectivity index is 2.27. The van der Waals surface area contributed by atoms with E-state index in [0.29, 0.717) is 32.7 Å². The normalized spacial score (nSPS) is 18.1. The molecule has 0 bridgehead atoms. The first-order chi connectivity index (χ1) is 18.5. The van der Waals surface area contributed by atoms with Gasteiger partial charge in [-0.15, -0.1) is 0 Å². The fourth-order valence-electron chi connectivity index (χ4n) is 4.10. The Morgan fingerprint density at radius 2 is 1.27 bits per heavy atom. The summed E-state index contributed by atoms with van der Waals surface area (Å²) < 4.78 is 44.6. The van der Waals surface area contributed by atoms with Crippen molar-refractivity contribution < 1.29 is 42.5 Å². The first-order valence-electron chi connectivity index (χ1n) is 12.8. The van der Waals surface area contributed by atoms with Crippen molar-refractivity contribution in [3.63, 3.8) is 0 Å². The van der Waals surface area contributed by atoms with Crippen LogP contribution in [0.2, 0.25) is 5.02 Å². The Labute approximate surface area is 236 Å². The lowest BCUT2D eigenvalue weighted by Gasteiger charge is -2.33. The van der Waals surface area contributed by atoms with E-state index in [2.05, 4.69) is 4.98 Å². The number of aliphatic carboxylic acids is 2. The lowest BCUT2D eigenvalue weighted by Crippen LogP contribution is -2.48. The van der Waals surface area contributed by atoms with E-state index in [1.807, 2.05) is 9.80 Å². The number of aromatic nitrogens is 1. The van der Waals surface area contributed by atoms with Crippen LogP contribution in [0, 0.1) is 0 Å². The molecule has 1 saturated heterocycles. The second kappa shape index (κ2) is 14.9. The highest BCUT2D eigenvalue weighted by Crippen LogP contribution is 2.31. The molecule has 2 heterocycles. The van der Waals surface area contributed by atoms with Gasteiger partial charge in [0.15, 0.2) is 0 Å². The van der Waals surface area contributed by atoms with Gasteiger partial charge >= 0.3 is 24.1 Å². The molecule has 1 aromatic heterocycles. The summed E-state index contributed by atoms with van der Waals surface area (Å²) in [5.41, 5.74) is -1.42. The van der Waals surface area contributed by atoms with E-state index >= 15 is 0 Å². The smallest absolute Gasteiger partial charge is 0.417 e. The average molecular weight is 596 g/mol. The van der Waals surface area contributed by atoms with Crippen molar-refractivity contribution in [1.82, 2.24) is 24.6 Å². The van der Waals surface area contributed by atoms with Crippen LogP contribution in [-0.2, 0) is 31.8 Å². The van der Waals surface area contributed by atoms with Crippen LogP contribution in [0.5, 0.6) is 0 Å². The van der Waals surface area contributed by atoms with Crippen LogP contribution in [0.15, 0.2) is 12.3 Å². The number of carboxylic acid groups (broad SMARTS) is 2. The monoisotopic (exact) mass is 595 g/mol. The third kappa shape index (κ3) is 12.8. The molecule has 0 spiro atoms. The van der Waals surface area contributed by atoms with Crippen LogP contribution >= 0.6 is 11.6 Å². The zero-order valence-corrected chi connectivity index (χ0v) is 23.7. The molecular weight excluding hydrogens is 559 g/mol. The van der Waals surface area contributed by atoms with Gasteiger partial charge in [-0.25, -0.2) is 0 Å². The molecule has 0 aromatic carbocycles. The minimum Gasteiger partial charge on any atom is -0.480 e. The van der Waals surface area contributed by atoms with Crippen LogP contribution in [0.3, 0.4) is 0 Å². The highest BCUT2D eigenvalue weighted by Gasteiger charge is 2.32. The number of carbonyl (C=O) groups is 3. The first-order valence-corrected chi connectivity index (χ1v) is 13.2. The van der Waals surface area contributed by atoms with E-state index in [4.69, 9.17) is 16.3 Å². The second-order valence-electron chi connectivity index (χ2n) is 10.6. The average Bonchev–Trinajstić information content (AvgIpc) is 2.79. The maximum absolute atomic E-state index is 13.1. The van der Waals surface area contributed by atoms with Crippen LogP contribution in [-0.4, -0.2) is 130 Å². The Morgan fingerprint density at radius 1 is 0.850 bits per heavy atom. The zero-order valence-electron chi connectivity index (χ0n) is 22.9. The fourth-order valence-corrected chi connectivity index (χ4v) is 4.33. The molecule has 2 rings (SSSR count). The number of carbonyl (C=O) groups excluding carboxylic acids is 1. The van der Waals surface area contributed by atoms with E-state index in [1.54, 1.807) is 30.6 Å². The van der Waals surface area contributed by atoms with Crippen molar-refractivity contribution in [2.24, 2.45) is 0 Å². The minimum absolute atomic E-state index is 0.0452. The summed E-state index contributed by atoms with van der Waals surface area (Å²) in [6.45, 7) is 7.31. The second-order valence-corrected chi connectivity index (χ2v) is 11.0. The van der Waals surface area contributed by atoms with E-state index in [1.165, 1.54) is 0 Å². The van der Waals surface area contributed by atoms with Gasteiger partial charge in [-0.1, -0.05) is 11.6 Å². The van der Waals surface area contributed by atoms with Crippen LogP contribution in [0.1, 0.15) is 32.0 Å². The standard InChI is InChI=1S/C25H37ClF3N5O6/c1-24(2,3)40-23(39)17-34-10-5-31(14-20-19(26)12-18(13-30-20)25(27,28)29)4-6-32(15-21(35)36)7-8-33(9-11-34)16-22(37)38/h12-13H,4-11,14-17H2,1-3H3,(H,35,36)(H,37,38). The number of hydrogen-bond donors (Lipinski definition) is 2. The molecule has 0 atom stereocenters. The Bertz CT molecular complexity index is 1020. The van der Waals surface area contributed by atoms with Crippen LogP contribution < -0.4 is 0 Å². The predicted molar refractivity (Wildman–Crippen MR) is 140 cm³/mol. The Hall–Kier alpha value is -2.52. The van der Waals surface area contributed by atoms with Crippen molar-refractivity contribution in [3.8, 4) is 0 Å². The lowest BCUT2D eigenvalue weighted by molar-refractivity contribution is -0.156. The van der Waals surface area contributed by atoms with Gasteiger partial charge in [0.1, 0.15) is 5.60 Å². The van der Waals surface area contributed by atoms with Gasteiger partial charge < -0.3 is 14.9 Å². The molecule has 0 saturated carbocycles. The highest BCUT2D eigenvalue weighted by molar-refractivity contribution is 6.31. The number of rotatable bonds is 8. The SMILES string of the molecule is CC(C)(C)OC(=O)CN1CCN(CC(=O)O)CCN(CC(=O)O)CCN(Cc2ncc(C(F)(F)F)cc2Cl)CC1. The van der Waals surface area contributed by atoms with Gasteiger partial charge in [-0.05, 0) is 26.8 Å². The Morgan fingerprint density at radius 3 is 1.65 bits per heavy atom. The highest BCUT2D eigenvalue weighted by atomic mass is 35.5. The van der Waals surface area contributed by atoms with Crippen molar-refractivity contribution in [2.75, 3.05) is 72.0 Å². The van der Waals surface area contributed by atoms with Gasteiger partial charge in [0.05, 0.1) is 35.9 Å². The molecule has 11 nitrogen and oxygen atoms in total. The zero-order chi connectivity index (χ0) is 30.1. The molecule has 226 valence electrons. The van der Waals surface area contributed by atoms with E-state index < -0.39 is 35.2 Å². The molecule has 1 aromatic rings. The predicted octanol–water partition coefficient (Wildman–Crippen LogP) is 1.99. The molecule has 40 heavy (non-hydrogen) atoms. The van der Waals surface area contributed by atoms with Crippen molar-refractivity contribution in [1.29, 1.82) is 0 Å². The third-order valence-corrected chi connectivity index (χ3v) is 6.37. The van der Waals surface area contributed by atoms with Crippen LogP contribution in [0.4, 0.5) is 13.2 Å². The minimum atomic E-state index is -4.59. The molecule has 1 aliphatic rings. The summed E-state index contributed by atoms with van der Waals surface area (Å²) in [5.74, 6) is -2.52. The van der Waals surface area contributed by atoms with Gasteiger partial charge in [0, 0.05) is 65.1 Å². The molecule has 0 radical (unpaired) electrons. The molecule has 2 N–H and O–H groups in total. The van der Waals surface area contributed by atoms with Gasteiger partial charge in [-0.3, -0.25) is 39.0 Å². The van der Waals surface area contributed by atoms with E-state index in [9.17, 15) is 37.8 Å². The van der Waals surface area contributed by atoms with Gasteiger partial charge in [0.2, 0.25) is 0 Å². The summed E-state index contributed by atoms with van der Waals surface area (Å²) in [7, 11) is 0. The lowest BCUT2D eigenvalue weighted by atomic mass is 10.2. The molecule has 1 fully saturated rings. The first kappa shape index (κ1) is 33.7. The van der Waals surface area contributed by atoms with E-state index in [0.717, 1.165) is 12.3 Å². The number of pyridine rings is 1. The largest absolute Gasteiger partial charge is 0.480 e. The van der Waals surface area contributed by atoms with Crippen molar-refractivity contribution in [2.45, 2.75) is 39.1 Å². The number of esters is 1. The van der Waals surface area contributed by atoms with Gasteiger partial charge in [0.25, 0.3) is 0 Å². The number of halogens is 4. The summed E-state index contributed by atoms with van der Waals surface area (Å²) >= 11 is 6.15. The molecular formula is C25H37ClF3N5O6. The van der Waals surface area contributed by atoms with Crippen molar-refractivity contribution in [3.05, 3.63) is 28.5 Å².